The third kappa shape index (κ3) is 4.09. The van der Waals surface area contributed by atoms with Crippen LogP contribution in [-0.2, 0) is 11.2 Å². The fraction of sp³-hybridized carbons (Fsp3) is 0.125. The standard InChI is InChI=1S/C16H13F3N2O2/c17-10-6-4-9(5-7-10)8-13(15(20)22)21-16(23)11-2-1-3-12(18)14(11)19/h1-7,13H,8H2,(H2,20,22)(H,21,23)/t13-/m0/s1. The second-order valence-corrected chi connectivity index (χ2v) is 4.86. The molecule has 2 amide bonds. The molecular formula is C16H13F3N2O2. The van der Waals surface area contributed by atoms with Crippen molar-refractivity contribution >= 4 is 11.8 Å². The maximum Gasteiger partial charge on any atom is 0.255 e. The van der Waals surface area contributed by atoms with E-state index in [1.807, 2.05) is 0 Å². The zero-order valence-electron chi connectivity index (χ0n) is 11.9. The lowest BCUT2D eigenvalue weighted by atomic mass is 10.0. The molecule has 0 aliphatic rings. The predicted molar refractivity (Wildman–Crippen MR) is 76.9 cm³/mol. The molecule has 3 N–H and O–H groups in total. The summed E-state index contributed by atoms with van der Waals surface area (Å²) in [5, 5.41) is 2.25. The van der Waals surface area contributed by atoms with Crippen molar-refractivity contribution in [3.8, 4) is 0 Å². The summed E-state index contributed by atoms with van der Waals surface area (Å²) < 4.78 is 39.6. The Hall–Kier alpha value is -2.83. The van der Waals surface area contributed by atoms with Gasteiger partial charge in [0.2, 0.25) is 5.91 Å². The third-order valence-corrected chi connectivity index (χ3v) is 3.20. The van der Waals surface area contributed by atoms with E-state index < -0.39 is 40.9 Å². The number of nitrogens with two attached hydrogens (primary N) is 1. The van der Waals surface area contributed by atoms with Crippen LogP contribution in [0.2, 0.25) is 0 Å². The molecule has 0 saturated carbocycles. The van der Waals surface area contributed by atoms with Gasteiger partial charge in [-0.25, -0.2) is 13.2 Å². The first kappa shape index (κ1) is 16.5. The Morgan fingerprint density at radius 2 is 1.70 bits per heavy atom. The first-order valence-electron chi connectivity index (χ1n) is 6.67. The van der Waals surface area contributed by atoms with Crippen molar-refractivity contribution in [2.24, 2.45) is 5.73 Å². The van der Waals surface area contributed by atoms with Crippen molar-refractivity contribution in [3.05, 3.63) is 71.0 Å². The highest BCUT2D eigenvalue weighted by Crippen LogP contribution is 2.12. The van der Waals surface area contributed by atoms with Gasteiger partial charge in [-0.15, -0.1) is 0 Å². The van der Waals surface area contributed by atoms with Crippen molar-refractivity contribution in [2.75, 3.05) is 0 Å². The normalized spacial score (nSPS) is 11.8. The van der Waals surface area contributed by atoms with Gasteiger partial charge in [0.1, 0.15) is 11.9 Å². The van der Waals surface area contributed by atoms with E-state index in [0.717, 1.165) is 12.1 Å². The quantitative estimate of drug-likeness (QED) is 0.883. The summed E-state index contributed by atoms with van der Waals surface area (Å²) in [7, 11) is 0. The van der Waals surface area contributed by atoms with Crippen molar-refractivity contribution in [1.82, 2.24) is 5.32 Å². The summed E-state index contributed by atoms with van der Waals surface area (Å²) in [6.07, 6.45) is -0.00170. The van der Waals surface area contributed by atoms with E-state index in [0.29, 0.717) is 5.56 Å². The Kier molecular flexibility index (Phi) is 5.00. The number of hydrogen-bond acceptors (Lipinski definition) is 2. The molecule has 0 aliphatic heterocycles. The van der Waals surface area contributed by atoms with E-state index >= 15 is 0 Å². The Morgan fingerprint density at radius 3 is 2.30 bits per heavy atom. The predicted octanol–water partition coefficient (Wildman–Crippen LogP) is 1.93. The topological polar surface area (TPSA) is 72.2 Å². The molecule has 0 unspecified atom stereocenters. The monoisotopic (exact) mass is 322 g/mol. The number of rotatable bonds is 5. The number of primary amides is 1. The SMILES string of the molecule is NC(=O)[C@H](Cc1ccc(F)cc1)NC(=O)c1cccc(F)c1F. The number of halogens is 3. The molecule has 4 nitrogen and oxygen atoms in total. The minimum absolute atomic E-state index is 0.00170. The fourth-order valence-electron chi connectivity index (χ4n) is 1.99. The molecule has 23 heavy (non-hydrogen) atoms. The molecule has 2 aromatic carbocycles. The molecule has 2 aromatic rings. The zero-order chi connectivity index (χ0) is 17.0. The van der Waals surface area contributed by atoms with Gasteiger partial charge in [0.05, 0.1) is 5.56 Å². The molecule has 0 radical (unpaired) electrons. The van der Waals surface area contributed by atoms with Gasteiger partial charge in [-0.05, 0) is 29.8 Å². The van der Waals surface area contributed by atoms with Gasteiger partial charge in [0.15, 0.2) is 11.6 Å². The second-order valence-electron chi connectivity index (χ2n) is 4.86. The summed E-state index contributed by atoms with van der Waals surface area (Å²) in [4.78, 5) is 23.4. The minimum Gasteiger partial charge on any atom is -0.368 e. The first-order valence-corrected chi connectivity index (χ1v) is 6.67. The number of benzene rings is 2. The first-order chi connectivity index (χ1) is 10.9. The largest absolute Gasteiger partial charge is 0.368 e. The van der Waals surface area contributed by atoms with Crippen LogP contribution < -0.4 is 11.1 Å². The van der Waals surface area contributed by atoms with Gasteiger partial charge < -0.3 is 11.1 Å². The highest BCUT2D eigenvalue weighted by molar-refractivity contribution is 5.97. The third-order valence-electron chi connectivity index (χ3n) is 3.20. The lowest BCUT2D eigenvalue weighted by Crippen LogP contribution is -2.46. The van der Waals surface area contributed by atoms with E-state index in [1.165, 1.54) is 30.3 Å². The van der Waals surface area contributed by atoms with Gasteiger partial charge in [0.25, 0.3) is 5.91 Å². The molecule has 2 rings (SSSR count). The van der Waals surface area contributed by atoms with Crippen LogP contribution in [-0.4, -0.2) is 17.9 Å². The van der Waals surface area contributed by atoms with Crippen LogP contribution in [0, 0.1) is 17.5 Å². The Labute approximate surface area is 130 Å². The van der Waals surface area contributed by atoms with Gasteiger partial charge in [-0.3, -0.25) is 9.59 Å². The molecule has 0 aromatic heterocycles. The van der Waals surface area contributed by atoms with Crippen LogP contribution in [0.5, 0.6) is 0 Å². The van der Waals surface area contributed by atoms with Crippen LogP contribution >= 0.6 is 0 Å². The number of nitrogens with one attached hydrogen (secondary N) is 1. The fourth-order valence-corrected chi connectivity index (χ4v) is 1.99. The van der Waals surface area contributed by atoms with Crippen molar-refractivity contribution in [1.29, 1.82) is 0 Å². The van der Waals surface area contributed by atoms with Crippen LogP contribution in [0.25, 0.3) is 0 Å². The van der Waals surface area contributed by atoms with E-state index in [9.17, 15) is 22.8 Å². The molecule has 120 valence electrons. The molecule has 0 spiro atoms. The van der Waals surface area contributed by atoms with Crippen LogP contribution in [0.15, 0.2) is 42.5 Å². The molecular weight excluding hydrogens is 309 g/mol. The average molecular weight is 322 g/mol. The molecule has 0 saturated heterocycles. The highest BCUT2D eigenvalue weighted by Gasteiger charge is 2.22. The molecule has 0 fully saturated rings. The molecule has 0 heterocycles. The van der Waals surface area contributed by atoms with Crippen molar-refractivity contribution in [2.45, 2.75) is 12.5 Å². The lowest BCUT2D eigenvalue weighted by Gasteiger charge is -2.16. The number of hydrogen-bond donors (Lipinski definition) is 2. The Morgan fingerprint density at radius 1 is 1.04 bits per heavy atom. The summed E-state index contributed by atoms with van der Waals surface area (Å²) in [5.41, 5.74) is 5.23. The van der Waals surface area contributed by atoms with Gasteiger partial charge >= 0.3 is 0 Å². The summed E-state index contributed by atoms with van der Waals surface area (Å²) in [5.74, 6) is -4.75. The molecule has 1 atom stereocenters. The summed E-state index contributed by atoms with van der Waals surface area (Å²) in [6.45, 7) is 0. The molecule has 0 bridgehead atoms. The molecule has 7 heteroatoms. The second kappa shape index (κ2) is 6.95. The van der Waals surface area contributed by atoms with E-state index in [2.05, 4.69) is 5.32 Å². The van der Waals surface area contributed by atoms with Gasteiger partial charge in [-0.2, -0.15) is 0 Å². The van der Waals surface area contributed by atoms with Crippen LogP contribution in [0.3, 0.4) is 0 Å². The van der Waals surface area contributed by atoms with Crippen molar-refractivity contribution in [3.63, 3.8) is 0 Å². The number of carbonyl (C=O) groups is 2. The number of carbonyl (C=O) groups excluding carboxylic acids is 2. The van der Waals surface area contributed by atoms with Crippen LogP contribution in [0.1, 0.15) is 15.9 Å². The Balaban J connectivity index is 2.16. The van der Waals surface area contributed by atoms with Crippen LogP contribution in [0.4, 0.5) is 13.2 Å². The smallest absolute Gasteiger partial charge is 0.255 e. The number of amides is 2. The summed E-state index contributed by atoms with van der Waals surface area (Å²) in [6, 6.07) is 7.24. The maximum atomic E-state index is 13.6. The van der Waals surface area contributed by atoms with E-state index in [1.54, 1.807) is 0 Å². The Bertz CT molecular complexity index is 733. The summed E-state index contributed by atoms with van der Waals surface area (Å²) >= 11 is 0. The van der Waals surface area contributed by atoms with Gasteiger partial charge in [0, 0.05) is 6.42 Å². The van der Waals surface area contributed by atoms with Gasteiger partial charge in [-0.1, -0.05) is 18.2 Å². The van der Waals surface area contributed by atoms with Crippen molar-refractivity contribution < 1.29 is 22.8 Å². The maximum absolute atomic E-state index is 13.6. The zero-order valence-corrected chi connectivity index (χ0v) is 11.9. The highest BCUT2D eigenvalue weighted by atomic mass is 19.2. The molecule has 0 aliphatic carbocycles. The minimum atomic E-state index is -1.31. The van der Waals surface area contributed by atoms with E-state index in [4.69, 9.17) is 5.73 Å². The average Bonchev–Trinajstić information content (AvgIpc) is 2.51. The van der Waals surface area contributed by atoms with E-state index in [-0.39, 0.29) is 6.42 Å². The lowest BCUT2D eigenvalue weighted by molar-refractivity contribution is -0.119.